The monoisotopic (exact) mass is 318 g/mol. The molecule has 4 nitrogen and oxygen atoms in total. The molecule has 1 aromatic rings. The predicted molar refractivity (Wildman–Crippen MR) is 87.7 cm³/mol. The lowest BCUT2D eigenvalue weighted by atomic mass is 9.96. The van der Waals surface area contributed by atoms with Crippen molar-refractivity contribution in [3.63, 3.8) is 0 Å². The van der Waals surface area contributed by atoms with E-state index >= 15 is 0 Å². The van der Waals surface area contributed by atoms with Crippen molar-refractivity contribution in [2.75, 3.05) is 19.6 Å². The van der Waals surface area contributed by atoms with Gasteiger partial charge in [-0.1, -0.05) is 12.6 Å². The van der Waals surface area contributed by atoms with Crippen molar-refractivity contribution in [2.24, 2.45) is 5.92 Å². The first-order chi connectivity index (χ1) is 10.7. The summed E-state index contributed by atoms with van der Waals surface area (Å²) in [5.41, 5.74) is -0.242. The van der Waals surface area contributed by atoms with Gasteiger partial charge in [-0.3, -0.25) is 9.59 Å². The van der Waals surface area contributed by atoms with Gasteiger partial charge in [-0.2, -0.15) is 0 Å². The molecule has 3 rings (SSSR count). The van der Waals surface area contributed by atoms with E-state index in [-0.39, 0.29) is 17.2 Å². The van der Waals surface area contributed by atoms with Crippen LogP contribution >= 0.6 is 11.3 Å². The molecule has 0 aromatic carbocycles. The van der Waals surface area contributed by atoms with Crippen LogP contribution in [0.2, 0.25) is 0 Å². The van der Waals surface area contributed by atoms with Gasteiger partial charge in [0.2, 0.25) is 11.8 Å². The van der Waals surface area contributed by atoms with E-state index in [0.717, 1.165) is 45.3 Å². The molecule has 2 heterocycles. The number of hydrogen-bond donors (Lipinski definition) is 1. The number of hydrogen-bond acceptors (Lipinski definition) is 3. The van der Waals surface area contributed by atoms with Gasteiger partial charge < -0.3 is 10.2 Å². The van der Waals surface area contributed by atoms with Crippen LogP contribution in [0.3, 0.4) is 0 Å². The average Bonchev–Trinajstić information content (AvgIpc) is 3.19. The second-order valence-corrected chi connectivity index (χ2v) is 7.19. The number of nitrogens with zero attached hydrogens (tertiary/aromatic N) is 1. The summed E-state index contributed by atoms with van der Waals surface area (Å²) < 4.78 is 0. The lowest BCUT2D eigenvalue weighted by Gasteiger charge is -2.31. The highest BCUT2D eigenvalue weighted by Crippen LogP contribution is 2.50. The molecule has 1 aliphatic carbocycles. The number of rotatable bonds is 5. The molecule has 0 bridgehead atoms. The Morgan fingerprint density at radius 2 is 2.14 bits per heavy atom. The number of nitrogens with one attached hydrogen (secondary N) is 1. The molecule has 1 aliphatic heterocycles. The molecule has 22 heavy (non-hydrogen) atoms. The molecule has 118 valence electrons. The van der Waals surface area contributed by atoms with Crippen molar-refractivity contribution in [2.45, 2.75) is 31.1 Å². The summed E-state index contributed by atoms with van der Waals surface area (Å²) in [7, 11) is 0. The minimum atomic E-state index is -0.242. The van der Waals surface area contributed by atoms with E-state index in [1.165, 1.54) is 11.0 Å². The summed E-state index contributed by atoms with van der Waals surface area (Å²) in [5, 5.41) is 5.18. The van der Waals surface area contributed by atoms with Crippen molar-refractivity contribution in [1.82, 2.24) is 10.2 Å². The van der Waals surface area contributed by atoms with Gasteiger partial charge in [0, 0.05) is 24.5 Å². The second kappa shape index (κ2) is 6.24. The molecule has 2 aliphatic rings. The zero-order chi connectivity index (χ0) is 15.6. The van der Waals surface area contributed by atoms with Crippen LogP contribution in [0.5, 0.6) is 0 Å². The van der Waals surface area contributed by atoms with Crippen LogP contribution in [-0.4, -0.2) is 36.3 Å². The van der Waals surface area contributed by atoms with Gasteiger partial charge in [0.25, 0.3) is 0 Å². The van der Waals surface area contributed by atoms with E-state index in [2.05, 4.69) is 18.0 Å². The summed E-state index contributed by atoms with van der Waals surface area (Å²) >= 11 is 1.67. The Labute approximate surface area is 135 Å². The molecular weight excluding hydrogens is 296 g/mol. The fourth-order valence-electron chi connectivity index (χ4n) is 3.15. The third-order valence-electron chi connectivity index (χ3n) is 4.83. The molecule has 2 fully saturated rings. The van der Waals surface area contributed by atoms with Crippen LogP contribution in [0.1, 0.15) is 30.6 Å². The topological polar surface area (TPSA) is 49.4 Å². The number of piperidine rings is 1. The van der Waals surface area contributed by atoms with E-state index in [0.29, 0.717) is 5.92 Å². The molecule has 0 atom stereocenters. The summed E-state index contributed by atoms with van der Waals surface area (Å²) in [6.07, 6.45) is 5.20. The largest absolute Gasteiger partial charge is 0.355 e. The summed E-state index contributed by atoms with van der Waals surface area (Å²) in [5.74, 6) is 0.661. The third-order valence-corrected chi connectivity index (χ3v) is 5.90. The van der Waals surface area contributed by atoms with Crippen molar-refractivity contribution in [3.05, 3.63) is 35.0 Å². The van der Waals surface area contributed by atoms with E-state index in [9.17, 15) is 9.59 Å². The van der Waals surface area contributed by atoms with Gasteiger partial charge in [-0.05, 0) is 49.1 Å². The van der Waals surface area contributed by atoms with E-state index in [4.69, 9.17) is 0 Å². The highest BCUT2D eigenvalue weighted by molar-refractivity contribution is 7.10. The first-order valence-electron chi connectivity index (χ1n) is 7.89. The van der Waals surface area contributed by atoms with Crippen LogP contribution in [-0.2, 0) is 15.0 Å². The summed E-state index contributed by atoms with van der Waals surface area (Å²) in [6.45, 7) is 5.78. The van der Waals surface area contributed by atoms with E-state index < -0.39 is 0 Å². The predicted octanol–water partition coefficient (Wildman–Crippen LogP) is 2.32. The van der Waals surface area contributed by atoms with Crippen LogP contribution in [0, 0.1) is 5.92 Å². The Morgan fingerprint density at radius 1 is 1.41 bits per heavy atom. The van der Waals surface area contributed by atoms with Crippen molar-refractivity contribution in [3.8, 4) is 0 Å². The molecule has 1 saturated carbocycles. The number of likely N-dealkylation sites (tertiary alicyclic amines) is 1. The Hall–Kier alpha value is -1.62. The molecule has 1 N–H and O–H groups in total. The zero-order valence-electron chi connectivity index (χ0n) is 12.7. The summed E-state index contributed by atoms with van der Waals surface area (Å²) in [6, 6.07) is 4.08. The van der Waals surface area contributed by atoms with Crippen LogP contribution in [0.25, 0.3) is 0 Å². The lowest BCUT2D eigenvalue weighted by Crippen LogP contribution is -2.42. The fourth-order valence-corrected chi connectivity index (χ4v) is 4.14. The third kappa shape index (κ3) is 2.95. The SMILES string of the molecule is C=CC(=O)N1CCC(CNC(=O)C2(c3cccs3)CC2)CC1. The summed E-state index contributed by atoms with van der Waals surface area (Å²) in [4.78, 5) is 27.1. The first kappa shape index (κ1) is 15.3. The maximum atomic E-state index is 12.5. The molecule has 0 spiro atoms. The molecular formula is C17H22N2O2S. The van der Waals surface area contributed by atoms with Crippen molar-refractivity contribution < 1.29 is 9.59 Å². The minimum Gasteiger partial charge on any atom is -0.355 e. The molecule has 0 unspecified atom stereocenters. The Balaban J connectivity index is 1.47. The van der Waals surface area contributed by atoms with Crippen molar-refractivity contribution in [1.29, 1.82) is 0 Å². The van der Waals surface area contributed by atoms with Crippen LogP contribution < -0.4 is 5.32 Å². The molecule has 2 amide bonds. The number of carbonyl (C=O) groups is 2. The highest BCUT2D eigenvalue weighted by Gasteiger charge is 2.52. The van der Waals surface area contributed by atoms with Gasteiger partial charge in [-0.25, -0.2) is 0 Å². The maximum Gasteiger partial charge on any atom is 0.245 e. The molecule has 1 saturated heterocycles. The highest BCUT2D eigenvalue weighted by atomic mass is 32.1. The maximum absolute atomic E-state index is 12.5. The normalized spacial score (nSPS) is 20.5. The smallest absolute Gasteiger partial charge is 0.245 e. The van der Waals surface area contributed by atoms with Gasteiger partial charge in [0.1, 0.15) is 0 Å². The number of thiophene rings is 1. The Bertz CT molecular complexity index is 555. The van der Waals surface area contributed by atoms with E-state index in [1.54, 1.807) is 11.3 Å². The van der Waals surface area contributed by atoms with Gasteiger partial charge in [0.05, 0.1) is 5.41 Å². The Morgan fingerprint density at radius 3 is 2.68 bits per heavy atom. The van der Waals surface area contributed by atoms with Gasteiger partial charge in [0.15, 0.2) is 0 Å². The number of amides is 2. The Kier molecular flexibility index (Phi) is 4.34. The van der Waals surface area contributed by atoms with Gasteiger partial charge >= 0.3 is 0 Å². The standard InChI is InChI=1S/C17H22N2O2S/c1-2-15(20)19-9-5-13(6-10-19)12-18-16(21)17(7-8-17)14-4-3-11-22-14/h2-4,11,13H,1,5-10,12H2,(H,18,21). The first-order valence-corrected chi connectivity index (χ1v) is 8.77. The lowest BCUT2D eigenvalue weighted by molar-refractivity contribution is -0.128. The second-order valence-electron chi connectivity index (χ2n) is 6.24. The van der Waals surface area contributed by atoms with Crippen LogP contribution in [0.4, 0.5) is 0 Å². The van der Waals surface area contributed by atoms with E-state index in [1.807, 2.05) is 16.3 Å². The zero-order valence-corrected chi connectivity index (χ0v) is 13.5. The molecule has 1 aromatic heterocycles. The number of carbonyl (C=O) groups excluding carboxylic acids is 2. The van der Waals surface area contributed by atoms with Crippen molar-refractivity contribution >= 4 is 23.2 Å². The average molecular weight is 318 g/mol. The molecule has 5 heteroatoms. The molecule has 0 radical (unpaired) electrons. The fraction of sp³-hybridized carbons (Fsp3) is 0.529. The van der Waals surface area contributed by atoms with Crippen LogP contribution in [0.15, 0.2) is 30.2 Å². The van der Waals surface area contributed by atoms with Gasteiger partial charge in [-0.15, -0.1) is 11.3 Å². The quantitative estimate of drug-likeness (QED) is 0.847. The minimum absolute atomic E-state index is 0.0112.